The molecule has 0 aliphatic rings. The summed E-state index contributed by atoms with van der Waals surface area (Å²) >= 11 is 10.8. The van der Waals surface area contributed by atoms with E-state index in [1.54, 1.807) is 0 Å². The molecule has 13 heavy (non-hydrogen) atoms. The largest absolute Gasteiger partial charge is 0.219 e. The van der Waals surface area contributed by atoms with Crippen molar-refractivity contribution in [3.05, 3.63) is 40.2 Å². The lowest BCUT2D eigenvalue weighted by atomic mass is 10.4. The van der Waals surface area contributed by atoms with E-state index in [9.17, 15) is 8.42 Å². The van der Waals surface area contributed by atoms with Crippen molar-refractivity contribution in [2.45, 2.75) is 4.90 Å². The second-order valence-corrected chi connectivity index (χ2v) is 4.78. The Bertz CT molecular complexity index is 406. The van der Waals surface area contributed by atoms with Gasteiger partial charge in [-0.25, -0.2) is 8.42 Å². The summed E-state index contributed by atoms with van der Waals surface area (Å²) in [4.78, 5) is 0.175. The summed E-state index contributed by atoms with van der Waals surface area (Å²) in [6.07, 6.45) is 0. The van der Waals surface area contributed by atoms with E-state index < -0.39 is 9.84 Å². The zero-order valence-electron chi connectivity index (χ0n) is 6.44. The van der Waals surface area contributed by atoms with Crippen molar-refractivity contribution in [1.82, 2.24) is 0 Å². The molecule has 0 atom stereocenters. The van der Waals surface area contributed by atoms with E-state index in [2.05, 4.69) is 0 Å². The van der Waals surface area contributed by atoms with Gasteiger partial charge in [-0.1, -0.05) is 23.2 Å². The summed E-state index contributed by atoms with van der Waals surface area (Å²) in [7, 11) is -3.40. The van der Waals surface area contributed by atoms with Crippen LogP contribution in [0.1, 0.15) is 0 Å². The second kappa shape index (κ2) is 4.13. The van der Waals surface area contributed by atoms with Gasteiger partial charge in [0.1, 0.15) is 0 Å². The first-order valence-electron chi connectivity index (χ1n) is 3.34. The molecule has 5 heteroatoms. The third-order valence-corrected chi connectivity index (χ3v) is 3.32. The van der Waals surface area contributed by atoms with Gasteiger partial charge in [0.2, 0.25) is 9.84 Å². The minimum Gasteiger partial charge on any atom is -0.219 e. The highest BCUT2D eigenvalue weighted by Gasteiger charge is 2.08. The monoisotopic (exact) mass is 236 g/mol. The first-order valence-corrected chi connectivity index (χ1v) is 5.70. The maximum Gasteiger partial charge on any atom is 0.200 e. The van der Waals surface area contributed by atoms with Crippen molar-refractivity contribution in [3.8, 4) is 0 Å². The molecule has 0 bridgehead atoms. The maximum absolute atomic E-state index is 11.3. The van der Waals surface area contributed by atoms with Crippen molar-refractivity contribution in [2.24, 2.45) is 0 Å². The van der Waals surface area contributed by atoms with Gasteiger partial charge in [-0.15, -0.1) is 0 Å². The van der Waals surface area contributed by atoms with Crippen molar-refractivity contribution >= 4 is 33.0 Å². The van der Waals surface area contributed by atoms with E-state index in [1.807, 2.05) is 0 Å². The molecule has 0 spiro atoms. The summed E-state index contributed by atoms with van der Waals surface area (Å²) < 4.78 is 22.7. The van der Waals surface area contributed by atoms with Gasteiger partial charge in [0.15, 0.2) is 0 Å². The van der Waals surface area contributed by atoms with Crippen molar-refractivity contribution in [1.29, 1.82) is 0 Å². The molecule has 0 fully saturated rings. The normalized spacial score (nSPS) is 12.2. The lowest BCUT2D eigenvalue weighted by Crippen LogP contribution is -1.94. The lowest BCUT2D eigenvalue weighted by Gasteiger charge is -1.97. The fourth-order valence-corrected chi connectivity index (χ4v) is 2.11. The standard InChI is InChI=1S/C8H6Cl2O2S/c9-5-6-13(11,12)8-3-1-7(10)2-4-8/h1-6H/b6-5+. The van der Waals surface area contributed by atoms with Crippen molar-refractivity contribution < 1.29 is 8.42 Å². The molecular weight excluding hydrogens is 231 g/mol. The summed E-state index contributed by atoms with van der Waals surface area (Å²) in [5.41, 5.74) is 0.962. The van der Waals surface area contributed by atoms with Gasteiger partial charge in [-0.3, -0.25) is 0 Å². The van der Waals surface area contributed by atoms with E-state index in [1.165, 1.54) is 24.3 Å². The molecule has 1 aromatic carbocycles. The van der Waals surface area contributed by atoms with E-state index in [-0.39, 0.29) is 4.90 Å². The van der Waals surface area contributed by atoms with E-state index in [0.29, 0.717) is 5.02 Å². The molecule has 0 N–H and O–H groups in total. The average Bonchev–Trinajstić information content (AvgIpc) is 2.05. The molecule has 0 aliphatic heterocycles. The highest BCUT2D eigenvalue weighted by Crippen LogP contribution is 2.16. The SMILES string of the molecule is O=S(=O)(/C=C/Cl)c1ccc(Cl)cc1. The van der Waals surface area contributed by atoms with Crippen molar-refractivity contribution in [3.63, 3.8) is 0 Å². The summed E-state index contributed by atoms with van der Waals surface area (Å²) in [6.45, 7) is 0. The number of rotatable bonds is 2. The van der Waals surface area contributed by atoms with Crippen LogP contribution in [0.25, 0.3) is 0 Å². The number of benzene rings is 1. The molecule has 0 aliphatic carbocycles. The van der Waals surface area contributed by atoms with Gasteiger partial charge in [0.25, 0.3) is 0 Å². The Labute approximate surface area is 86.7 Å². The van der Waals surface area contributed by atoms with Crippen molar-refractivity contribution in [2.75, 3.05) is 0 Å². The summed E-state index contributed by atoms with van der Waals surface area (Å²) in [5, 5.41) is 1.42. The molecule has 0 heterocycles. The van der Waals surface area contributed by atoms with Crippen LogP contribution in [0, 0.1) is 0 Å². The van der Waals surface area contributed by atoms with E-state index in [0.717, 1.165) is 10.9 Å². The minimum atomic E-state index is -3.40. The third-order valence-electron chi connectivity index (χ3n) is 1.37. The summed E-state index contributed by atoms with van der Waals surface area (Å²) in [5.74, 6) is 0. The topological polar surface area (TPSA) is 34.1 Å². The number of halogens is 2. The smallest absolute Gasteiger partial charge is 0.200 e. The van der Waals surface area contributed by atoms with Crippen LogP contribution >= 0.6 is 23.2 Å². The molecule has 70 valence electrons. The van der Waals surface area contributed by atoms with E-state index in [4.69, 9.17) is 23.2 Å². The fraction of sp³-hybridized carbons (Fsp3) is 0. The highest BCUT2D eigenvalue weighted by molar-refractivity contribution is 7.94. The lowest BCUT2D eigenvalue weighted by molar-refractivity contribution is 0.604. The third kappa shape index (κ3) is 2.72. The Balaban J connectivity index is 3.17. The Morgan fingerprint density at radius 3 is 2.15 bits per heavy atom. The molecular formula is C8H6Cl2O2S. The Hall–Kier alpha value is -0.510. The van der Waals surface area contributed by atoms with Gasteiger partial charge in [-0.05, 0) is 24.3 Å². The van der Waals surface area contributed by atoms with Crippen LogP contribution < -0.4 is 0 Å². The predicted molar refractivity (Wildman–Crippen MR) is 53.6 cm³/mol. The Morgan fingerprint density at radius 1 is 1.15 bits per heavy atom. The predicted octanol–water partition coefficient (Wildman–Crippen LogP) is 2.82. The number of hydrogen-bond donors (Lipinski definition) is 0. The van der Waals surface area contributed by atoms with Crippen LogP contribution in [0.5, 0.6) is 0 Å². The van der Waals surface area contributed by atoms with Gasteiger partial charge in [-0.2, -0.15) is 0 Å². The highest BCUT2D eigenvalue weighted by atomic mass is 35.5. The molecule has 1 rings (SSSR count). The molecule has 0 amide bonds. The zero-order valence-corrected chi connectivity index (χ0v) is 8.77. The Kier molecular flexibility index (Phi) is 3.36. The second-order valence-electron chi connectivity index (χ2n) is 2.26. The quantitative estimate of drug-likeness (QED) is 0.792. The Morgan fingerprint density at radius 2 is 1.69 bits per heavy atom. The van der Waals surface area contributed by atoms with Crippen LogP contribution in [0.2, 0.25) is 5.02 Å². The zero-order chi connectivity index (χ0) is 9.90. The van der Waals surface area contributed by atoms with Crippen LogP contribution in [0.4, 0.5) is 0 Å². The number of sulfone groups is 1. The minimum absolute atomic E-state index is 0.175. The molecule has 1 aromatic rings. The first kappa shape index (κ1) is 10.6. The van der Waals surface area contributed by atoms with Crippen LogP contribution in [0.3, 0.4) is 0 Å². The number of hydrogen-bond acceptors (Lipinski definition) is 2. The molecule has 2 nitrogen and oxygen atoms in total. The van der Waals surface area contributed by atoms with Crippen LogP contribution in [-0.4, -0.2) is 8.42 Å². The first-order chi connectivity index (χ1) is 6.06. The van der Waals surface area contributed by atoms with Gasteiger partial charge >= 0.3 is 0 Å². The summed E-state index contributed by atoms with van der Waals surface area (Å²) in [6, 6.07) is 5.87. The molecule has 0 unspecified atom stereocenters. The van der Waals surface area contributed by atoms with Gasteiger partial charge < -0.3 is 0 Å². The fourth-order valence-electron chi connectivity index (χ4n) is 0.771. The van der Waals surface area contributed by atoms with Gasteiger partial charge in [0, 0.05) is 16.0 Å². The van der Waals surface area contributed by atoms with Gasteiger partial charge in [0.05, 0.1) is 4.90 Å². The molecule has 0 saturated carbocycles. The molecule has 0 aromatic heterocycles. The maximum atomic E-state index is 11.3. The average molecular weight is 237 g/mol. The molecule has 0 saturated heterocycles. The van der Waals surface area contributed by atoms with E-state index >= 15 is 0 Å². The van der Waals surface area contributed by atoms with Crippen LogP contribution in [0.15, 0.2) is 40.1 Å². The molecule has 0 radical (unpaired) electrons. The van der Waals surface area contributed by atoms with Crippen LogP contribution in [-0.2, 0) is 9.84 Å².